The number of piperazine rings is 1. The van der Waals surface area contributed by atoms with Gasteiger partial charge in [0.05, 0.1) is 10.6 Å². The summed E-state index contributed by atoms with van der Waals surface area (Å²) in [5.41, 5.74) is 3.00. The second-order valence-corrected chi connectivity index (χ2v) is 10.7. The van der Waals surface area contributed by atoms with E-state index in [1.54, 1.807) is 22.8 Å². The summed E-state index contributed by atoms with van der Waals surface area (Å²) in [7, 11) is -3.51. The Hall–Kier alpha value is -2.77. The lowest BCUT2D eigenvalue weighted by Gasteiger charge is -2.34. The monoisotopic (exact) mass is 436 g/mol. The normalized spacial score (nSPS) is 15.8. The molecule has 6 nitrogen and oxygen atoms in total. The molecule has 1 aliphatic heterocycles. The maximum atomic E-state index is 13.1. The number of hydrogen-bond donors (Lipinski definition) is 0. The van der Waals surface area contributed by atoms with Crippen molar-refractivity contribution in [3.8, 4) is 11.3 Å². The number of rotatable bonds is 4. The van der Waals surface area contributed by atoms with E-state index in [-0.39, 0.29) is 5.41 Å². The predicted octanol–water partition coefficient (Wildman–Crippen LogP) is 3.95. The third kappa shape index (κ3) is 4.62. The van der Waals surface area contributed by atoms with Gasteiger partial charge in [0.15, 0.2) is 0 Å². The summed E-state index contributed by atoms with van der Waals surface area (Å²) in [4.78, 5) is 11.3. The van der Waals surface area contributed by atoms with Crippen molar-refractivity contribution in [1.29, 1.82) is 0 Å². The Morgan fingerprint density at radius 1 is 0.839 bits per heavy atom. The summed E-state index contributed by atoms with van der Waals surface area (Å²) >= 11 is 0. The smallest absolute Gasteiger partial charge is 0.243 e. The van der Waals surface area contributed by atoms with Crippen LogP contribution in [0, 0.1) is 0 Å². The lowest BCUT2D eigenvalue weighted by atomic mass is 9.87. The summed E-state index contributed by atoms with van der Waals surface area (Å²) in [5, 5.41) is 0. The van der Waals surface area contributed by atoms with Crippen LogP contribution in [-0.2, 0) is 15.4 Å². The van der Waals surface area contributed by atoms with Crippen LogP contribution in [0.3, 0.4) is 0 Å². The molecule has 1 aromatic heterocycles. The van der Waals surface area contributed by atoms with Crippen LogP contribution in [0.5, 0.6) is 0 Å². The van der Waals surface area contributed by atoms with Gasteiger partial charge in [-0.05, 0) is 23.1 Å². The first-order valence-corrected chi connectivity index (χ1v) is 11.9. The Morgan fingerprint density at radius 3 is 2.10 bits per heavy atom. The third-order valence-corrected chi connectivity index (χ3v) is 7.56. The molecular formula is C24H28N4O2S. The summed E-state index contributed by atoms with van der Waals surface area (Å²) in [6.07, 6.45) is 1.57. The van der Waals surface area contributed by atoms with Crippen LogP contribution < -0.4 is 4.90 Å². The summed E-state index contributed by atoms with van der Waals surface area (Å²) in [5.74, 6) is 0.820. The number of aromatic nitrogens is 2. The lowest BCUT2D eigenvalue weighted by molar-refractivity contribution is 0.383. The standard InChI is InChI=1S/C24H28N4O2S/c1-24(2,3)20-9-11-21(12-10-20)31(29,30)28-15-13-27(14-16-28)23-17-22(25-18-26-23)19-7-5-4-6-8-19/h4-12,17-18H,13-16H2,1-3H3. The van der Waals surface area contributed by atoms with Gasteiger partial charge in [-0.25, -0.2) is 18.4 Å². The second-order valence-electron chi connectivity index (χ2n) is 8.79. The van der Waals surface area contributed by atoms with E-state index in [2.05, 4.69) is 35.6 Å². The Kier molecular flexibility index (Phi) is 5.81. The largest absolute Gasteiger partial charge is 0.354 e. The van der Waals surface area contributed by atoms with Gasteiger partial charge in [0, 0.05) is 37.8 Å². The third-order valence-electron chi connectivity index (χ3n) is 5.64. The zero-order chi connectivity index (χ0) is 22.1. The highest BCUT2D eigenvalue weighted by molar-refractivity contribution is 7.89. The van der Waals surface area contributed by atoms with Crippen LogP contribution in [-0.4, -0.2) is 48.9 Å². The highest BCUT2D eigenvalue weighted by atomic mass is 32.2. The number of benzene rings is 2. The Bertz CT molecular complexity index is 1130. The van der Waals surface area contributed by atoms with Gasteiger partial charge in [-0.15, -0.1) is 0 Å². The number of sulfonamides is 1. The molecule has 3 aromatic rings. The molecule has 2 heterocycles. The molecule has 0 bridgehead atoms. The molecule has 162 valence electrons. The highest BCUT2D eigenvalue weighted by Gasteiger charge is 2.29. The van der Waals surface area contributed by atoms with E-state index < -0.39 is 10.0 Å². The highest BCUT2D eigenvalue weighted by Crippen LogP contribution is 2.26. The Balaban J connectivity index is 1.46. The minimum atomic E-state index is -3.51. The van der Waals surface area contributed by atoms with Gasteiger partial charge in [-0.3, -0.25) is 0 Å². The molecule has 0 amide bonds. The Labute approximate surface area is 184 Å². The molecule has 7 heteroatoms. The topological polar surface area (TPSA) is 66.4 Å². The van der Waals surface area contributed by atoms with Gasteiger partial charge in [0.1, 0.15) is 12.1 Å². The maximum Gasteiger partial charge on any atom is 0.243 e. The first kappa shape index (κ1) is 21.5. The van der Waals surface area contributed by atoms with Crippen molar-refractivity contribution in [2.24, 2.45) is 0 Å². The molecule has 1 saturated heterocycles. The molecule has 1 fully saturated rings. The van der Waals surface area contributed by atoms with E-state index in [1.165, 1.54) is 0 Å². The molecule has 31 heavy (non-hydrogen) atoms. The van der Waals surface area contributed by atoms with Crippen molar-refractivity contribution in [2.75, 3.05) is 31.1 Å². The number of hydrogen-bond acceptors (Lipinski definition) is 5. The molecule has 1 aliphatic rings. The first-order chi connectivity index (χ1) is 14.7. The summed E-state index contributed by atoms with van der Waals surface area (Å²) in [6, 6.07) is 19.2. The van der Waals surface area contributed by atoms with Crippen LogP contribution in [0.1, 0.15) is 26.3 Å². The summed E-state index contributed by atoms with van der Waals surface area (Å²) in [6.45, 7) is 8.38. The fourth-order valence-electron chi connectivity index (χ4n) is 3.72. The number of nitrogens with zero attached hydrogens (tertiary/aromatic N) is 4. The first-order valence-electron chi connectivity index (χ1n) is 10.5. The van der Waals surface area contributed by atoms with Crippen molar-refractivity contribution in [3.63, 3.8) is 0 Å². The molecule has 0 saturated carbocycles. The van der Waals surface area contributed by atoms with Crippen LogP contribution >= 0.6 is 0 Å². The Morgan fingerprint density at radius 2 is 1.48 bits per heavy atom. The fraction of sp³-hybridized carbons (Fsp3) is 0.333. The average molecular weight is 437 g/mol. The lowest BCUT2D eigenvalue weighted by Crippen LogP contribution is -2.48. The molecule has 0 atom stereocenters. The zero-order valence-electron chi connectivity index (χ0n) is 18.2. The van der Waals surface area contributed by atoms with Gasteiger partial charge < -0.3 is 4.90 Å². The van der Waals surface area contributed by atoms with Crippen molar-refractivity contribution in [3.05, 3.63) is 72.6 Å². The second kappa shape index (κ2) is 8.40. The van der Waals surface area contributed by atoms with Crippen LogP contribution in [0.2, 0.25) is 0 Å². The summed E-state index contributed by atoms with van der Waals surface area (Å²) < 4.78 is 27.8. The van der Waals surface area contributed by atoms with E-state index in [0.717, 1.165) is 22.6 Å². The van der Waals surface area contributed by atoms with Gasteiger partial charge in [-0.1, -0.05) is 63.2 Å². The van der Waals surface area contributed by atoms with Crippen molar-refractivity contribution < 1.29 is 8.42 Å². The molecule has 0 spiro atoms. The van der Waals surface area contributed by atoms with E-state index in [4.69, 9.17) is 0 Å². The van der Waals surface area contributed by atoms with Crippen molar-refractivity contribution in [1.82, 2.24) is 14.3 Å². The average Bonchev–Trinajstić information content (AvgIpc) is 2.79. The van der Waals surface area contributed by atoms with Gasteiger partial charge in [0.2, 0.25) is 10.0 Å². The molecule has 4 rings (SSSR count). The van der Waals surface area contributed by atoms with E-state index in [1.807, 2.05) is 48.5 Å². The van der Waals surface area contributed by atoms with Crippen molar-refractivity contribution in [2.45, 2.75) is 31.1 Å². The molecule has 0 N–H and O–H groups in total. The zero-order valence-corrected chi connectivity index (χ0v) is 19.0. The molecule has 0 radical (unpaired) electrons. The van der Waals surface area contributed by atoms with Crippen LogP contribution in [0.15, 0.2) is 71.9 Å². The molecule has 2 aromatic carbocycles. The van der Waals surface area contributed by atoms with Crippen molar-refractivity contribution >= 4 is 15.8 Å². The maximum absolute atomic E-state index is 13.1. The predicted molar refractivity (Wildman–Crippen MR) is 124 cm³/mol. The minimum absolute atomic E-state index is 0.00986. The minimum Gasteiger partial charge on any atom is -0.354 e. The van der Waals surface area contributed by atoms with E-state index in [0.29, 0.717) is 31.1 Å². The molecule has 0 unspecified atom stereocenters. The van der Waals surface area contributed by atoms with Crippen LogP contribution in [0.4, 0.5) is 5.82 Å². The SMILES string of the molecule is CC(C)(C)c1ccc(S(=O)(=O)N2CCN(c3cc(-c4ccccc4)ncn3)CC2)cc1. The van der Waals surface area contributed by atoms with Gasteiger partial charge in [0.25, 0.3) is 0 Å². The van der Waals surface area contributed by atoms with Gasteiger partial charge >= 0.3 is 0 Å². The quantitative estimate of drug-likeness (QED) is 0.620. The molecular weight excluding hydrogens is 408 g/mol. The van der Waals surface area contributed by atoms with Gasteiger partial charge in [-0.2, -0.15) is 4.31 Å². The van der Waals surface area contributed by atoms with Crippen LogP contribution in [0.25, 0.3) is 11.3 Å². The van der Waals surface area contributed by atoms with E-state index in [9.17, 15) is 8.42 Å². The number of anilines is 1. The van der Waals surface area contributed by atoms with E-state index >= 15 is 0 Å². The fourth-order valence-corrected chi connectivity index (χ4v) is 5.14. The molecule has 0 aliphatic carbocycles.